The first kappa shape index (κ1) is 9.68. The van der Waals surface area contributed by atoms with Crippen LogP contribution in [0.2, 0.25) is 0 Å². The van der Waals surface area contributed by atoms with E-state index in [9.17, 15) is 9.18 Å². The van der Waals surface area contributed by atoms with Gasteiger partial charge in [0, 0.05) is 0 Å². The molecule has 0 radical (unpaired) electrons. The van der Waals surface area contributed by atoms with Gasteiger partial charge in [-0.05, 0) is 0 Å². The van der Waals surface area contributed by atoms with Crippen molar-refractivity contribution < 1.29 is 14.3 Å². The van der Waals surface area contributed by atoms with E-state index in [4.69, 9.17) is 15.6 Å². The number of nitriles is 2. The molecular weight excluding hydrogens is 191 g/mol. The molecule has 0 aliphatic heterocycles. The highest BCUT2D eigenvalue weighted by molar-refractivity contribution is 5.70. The Balaban J connectivity index is 3.25. The van der Waals surface area contributed by atoms with Crippen molar-refractivity contribution in [2.45, 2.75) is 6.30 Å². The Morgan fingerprint density at radius 2 is 2.29 bits per heavy atom. The van der Waals surface area contributed by atoms with Crippen LogP contribution in [-0.4, -0.2) is 20.6 Å². The van der Waals surface area contributed by atoms with E-state index in [1.165, 1.54) is 6.07 Å². The van der Waals surface area contributed by atoms with Gasteiger partial charge >= 0.3 is 5.97 Å². The monoisotopic (exact) mass is 194 g/mol. The van der Waals surface area contributed by atoms with Gasteiger partial charge in [-0.15, -0.1) is 0 Å². The van der Waals surface area contributed by atoms with Crippen molar-refractivity contribution in [3.05, 3.63) is 17.7 Å². The van der Waals surface area contributed by atoms with Gasteiger partial charge in [0.1, 0.15) is 18.5 Å². The molecule has 1 rings (SSSR count). The van der Waals surface area contributed by atoms with Crippen molar-refractivity contribution in [2.24, 2.45) is 0 Å². The van der Waals surface area contributed by atoms with Gasteiger partial charge in [0.25, 0.3) is 6.30 Å². The first-order valence-electron chi connectivity index (χ1n) is 3.35. The smallest absolute Gasteiger partial charge is 0.359 e. The molecule has 0 saturated carbocycles. The molecule has 1 heterocycles. The lowest BCUT2D eigenvalue weighted by Crippen LogP contribution is -2.15. The lowest BCUT2D eigenvalue weighted by molar-refractivity contribution is -0.146. The Morgan fingerprint density at radius 1 is 1.64 bits per heavy atom. The van der Waals surface area contributed by atoms with Crippen molar-refractivity contribution in [1.82, 2.24) is 9.55 Å². The molecule has 0 aliphatic carbocycles. The highest BCUT2D eigenvalue weighted by Gasteiger charge is 2.23. The highest BCUT2D eigenvalue weighted by Crippen LogP contribution is 2.14. The number of aromatic nitrogens is 2. The van der Waals surface area contributed by atoms with Crippen LogP contribution in [0.1, 0.15) is 17.7 Å². The Kier molecular flexibility index (Phi) is 2.45. The molecule has 0 fully saturated rings. The molecule has 0 amide bonds. The van der Waals surface area contributed by atoms with E-state index in [2.05, 4.69) is 4.98 Å². The summed E-state index contributed by atoms with van der Waals surface area (Å²) in [4.78, 5) is 13.6. The predicted octanol–water partition coefficient (Wildman–Crippen LogP) is 0.179. The Labute approximate surface area is 77.4 Å². The second-order valence-corrected chi connectivity index (χ2v) is 2.25. The summed E-state index contributed by atoms with van der Waals surface area (Å²) in [5, 5.41) is 25.3. The third-order valence-electron chi connectivity index (χ3n) is 1.45. The molecule has 1 atom stereocenters. The topological polar surface area (TPSA) is 103 Å². The number of carboxylic acids is 1. The van der Waals surface area contributed by atoms with Gasteiger partial charge in [0.2, 0.25) is 0 Å². The third kappa shape index (κ3) is 1.39. The number of halogens is 1. The lowest BCUT2D eigenvalue weighted by atomic mass is 10.3. The van der Waals surface area contributed by atoms with Crippen LogP contribution >= 0.6 is 0 Å². The number of alkyl halides is 1. The molecular formula is C7H3FN4O2. The van der Waals surface area contributed by atoms with Gasteiger partial charge in [-0.3, -0.25) is 4.57 Å². The molecule has 0 spiro atoms. The summed E-state index contributed by atoms with van der Waals surface area (Å²) in [6.45, 7) is 0. The maximum absolute atomic E-state index is 12.9. The number of rotatable bonds is 2. The van der Waals surface area contributed by atoms with E-state index in [1.807, 2.05) is 0 Å². The molecule has 14 heavy (non-hydrogen) atoms. The van der Waals surface area contributed by atoms with Crippen molar-refractivity contribution in [1.29, 1.82) is 10.5 Å². The normalized spacial score (nSPS) is 11.4. The summed E-state index contributed by atoms with van der Waals surface area (Å²) in [6.07, 6.45) is -1.60. The maximum Gasteiger partial charge on any atom is 0.359 e. The summed E-state index contributed by atoms with van der Waals surface area (Å²) in [5.41, 5.74) is -0.696. The van der Waals surface area contributed by atoms with Crippen LogP contribution in [0.4, 0.5) is 4.39 Å². The number of carbonyl (C=O) groups is 1. The third-order valence-corrected chi connectivity index (χ3v) is 1.45. The molecule has 1 aromatic rings. The summed E-state index contributed by atoms with van der Waals surface area (Å²) in [7, 11) is 0. The number of hydrogen-bond donors (Lipinski definition) is 1. The SMILES string of the molecule is N#Cc1ncn(C(F)C(=O)O)c1C#N. The van der Waals surface area contributed by atoms with E-state index in [-0.39, 0.29) is 5.69 Å². The Hall–Kier alpha value is -2.41. The maximum atomic E-state index is 12.9. The second kappa shape index (κ2) is 3.54. The number of nitrogens with zero attached hydrogens (tertiary/aromatic N) is 4. The van der Waals surface area contributed by atoms with Crippen LogP contribution in [0, 0.1) is 22.7 Å². The minimum absolute atomic E-state index is 0.295. The summed E-state index contributed by atoms with van der Waals surface area (Å²) in [5.74, 6) is -1.75. The van der Waals surface area contributed by atoms with Gasteiger partial charge in [-0.1, -0.05) is 0 Å². The van der Waals surface area contributed by atoms with Gasteiger partial charge in [0.15, 0.2) is 11.4 Å². The van der Waals surface area contributed by atoms with Crippen LogP contribution in [-0.2, 0) is 4.79 Å². The average molecular weight is 194 g/mol. The molecule has 1 N–H and O–H groups in total. The molecule has 7 heteroatoms. The number of carboxylic acid groups (broad SMARTS) is 1. The first-order valence-corrected chi connectivity index (χ1v) is 3.35. The molecule has 0 aromatic carbocycles. The number of imidazole rings is 1. The Bertz CT molecular complexity index is 453. The fraction of sp³-hybridized carbons (Fsp3) is 0.143. The van der Waals surface area contributed by atoms with Gasteiger partial charge < -0.3 is 5.11 Å². The fourth-order valence-corrected chi connectivity index (χ4v) is 0.844. The summed E-state index contributed by atoms with van der Waals surface area (Å²) < 4.78 is 13.4. The van der Waals surface area contributed by atoms with Gasteiger partial charge in [0.05, 0.1) is 0 Å². The molecule has 0 aliphatic rings. The minimum Gasteiger partial charge on any atom is -0.478 e. The van der Waals surface area contributed by atoms with Crippen LogP contribution in [0.15, 0.2) is 6.33 Å². The van der Waals surface area contributed by atoms with E-state index < -0.39 is 18.0 Å². The molecule has 1 aromatic heterocycles. The molecule has 0 bridgehead atoms. The van der Waals surface area contributed by atoms with E-state index >= 15 is 0 Å². The van der Waals surface area contributed by atoms with E-state index in [0.29, 0.717) is 4.57 Å². The molecule has 70 valence electrons. The summed E-state index contributed by atoms with van der Waals surface area (Å²) in [6, 6.07) is 3.05. The zero-order valence-electron chi connectivity index (χ0n) is 6.68. The highest BCUT2D eigenvalue weighted by atomic mass is 19.1. The average Bonchev–Trinajstić information content (AvgIpc) is 2.58. The number of hydrogen-bond acceptors (Lipinski definition) is 4. The predicted molar refractivity (Wildman–Crippen MR) is 39.4 cm³/mol. The van der Waals surface area contributed by atoms with Crippen LogP contribution in [0.3, 0.4) is 0 Å². The molecule has 6 nitrogen and oxygen atoms in total. The fourth-order valence-electron chi connectivity index (χ4n) is 0.844. The number of aliphatic carboxylic acids is 1. The quantitative estimate of drug-likeness (QED) is 0.723. The lowest BCUT2D eigenvalue weighted by Gasteiger charge is -2.03. The van der Waals surface area contributed by atoms with Crippen molar-refractivity contribution in [2.75, 3.05) is 0 Å². The zero-order chi connectivity index (χ0) is 10.7. The van der Waals surface area contributed by atoms with Crippen LogP contribution in [0.5, 0.6) is 0 Å². The van der Waals surface area contributed by atoms with Gasteiger partial charge in [-0.2, -0.15) is 10.5 Å². The first-order chi connectivity index (χ1) is 6.61. The van der Waals surface area contributed by atoms with Crippen molar-refractivity contribution >= 4 is 5.97 Å². The Morgan fingerprint density at radius 3 is 2.71 bits per heavy atom. The van der Waals surface area contributed by atoms with Gasteiger partial charge in [-0.25, -0.2) is 14.2 Å². The minimum atomic E-state index is -2.40. The summed E-state index contributed by atoms with van der Waals surface area (Å²) >= 11 is 0. The van der Waals surface area contributed by atoms with E-state index in [0.717, 1.165) is 6.33 Å². The molecule has 1 unspecified atom stereocenters. The van der Waals surface area contributed by atoms with Crippen LogP contribution < -0.4 is 0 Å². The molecule has 0 saturated heterocycles. The standard InChI is InChI=1S/C7H3FN4O2/c8-6(7(13)14)12-3-11-4(1-9)5(12)2-10/h3,6H,(H,13,14). The zero-order valence-corrected chi connectivity index (χ0v) is 6.68. The van der Waals surface area contributed by atoms with Crippen molar-refractivity contribution in [3.8, 4) is 12.1 Å². The largest absolute Gasteiger partial charge is 0.478 e. The van der Waals surface area contributed by atoms with E-state index in [1.54, 1.807) is 6.07 Å². The second-order valence-electron chi connectivity index (χ2n) is 2.25. The van der Waals surface area contributed by atoms with Crippen molar-refractivity contribution in [3.63, 3.8) is 0 Å². The van der Waals surface area contributed by atoms with Crippen LogP contribution in [0.25, 0.3) is 0 Å².